The maximum atomic E-state index is 11.0. The summed E-state index contributed by atoms with van der Waals surface area (Å²) in [5.41, 5.74) is 0.00401. The average Bonchev–Trinajstić information content (AvgIpc) is 2.77. The molecule has 2 rings (SSSR count). The first-order chi connectivity index (χ1) is 8.99. The van der Waals surface area contributed by atoms with Gasteiger partial charge in [0.2, 0.25) is 0 Å². The maximum absolute atomic E-state index is 11.0. The molecule has 8 heteroatoms. The molecule has 0 aliphatic rings. The summed E-state index contributed by atoms with van der Waals surface area (Å²) in [7, 11) is 1.82. The van der Waals surface area contributed by atoms with Gasteiger partial charge in [0.05, 0.1) is 16.6 Å². The first kappa shape index (κ1) is 13.3. The van der Waals surface area contributed by atoms with E-state index < -0.39 is 5.97 Å². The van der Waals surface area contributed by atoms with Gasteiger partial charge >= 0.3 is 5.97 Å². The second-order valence-corrected chi connectivity index (χ2v) is 4.43. The molecule has 19 heavy (non-hydrogen) atoms. The van der Waals surface area contributed by atoms with E-state index in [1.807, 2.05) is 14.0 Å². The summed E-state index contributed by atoms with van der Waals surface area (Å²) in [6.07, 6.45) is 2.89. The Kier molecular flexibility index (Phi) is 3.66. The summed E-state index contributed by atoms with van der Waals surface area (Å²) < 4.78 is 1.77. The van der Waals surface area contributed by atoms with Gasteiger partial charge < -0.3 is 15.0 Å². The molecule has 2 aromatic heterocycles. The van der Waals surface area contributed by atoms with Crippen LogP contribution < -0.4 is 5.32 Å². The van der Waals surface area contributed by atoms with Crippen molar-refractivity contribution in [3.8, 4) is 0 Å². The molecule has 2 heterocycles. The predicted molar refractivity (Wildman–Crippen MR) is 69.2 cm³/mol. The van der Waals surface area contributed by atoms with Crippen LogP contribution >= 0.6 is 11.6 Å². The number of nitrogens with one attached hydrogen (secondary N) is 1. The van der Waals surface area contributed by atoms with Crippen LogP contribution in [-0.2, 0) is 7.05 Å². The summed E-state index contributed by atoms with van der Waals surface area (Å²) in [6.45, 7) is 1.88. The fraction of sp³-hybridized carbons (Fsp3) is 0.273. The summed E-state index contributed by atoms with van der Waals surface area (Å²) in [5.74, 6) is 0.0349. The Bertz CT molecular complexity index is 613. The fourth-order valence-electron chi connectivity index (χ4n) is 1.65. The third kappa shape index (κ3) is 2.82. The molecule has 0 saturated carbocycles. The SMILES string of the molecule is CC(Nc1cc(C(=O)O)c(Cl)cn1)c1nncn1C. The lowest BCUT2D eigenvalue weighted by molar-refractivity contribution is 0.0697. The van der Waals surface area contributed by atoms with Crippen LogP contribution in [-0.4, -0.2) is 30.8 Å². The van der Waals surface area contributed by atoms with E-state index in [-0.39, 0.29) is 16.6 Å². The number of pyridine rings is 1. The number of carboxylic acids is 1. The Morgan fingerprint density at radius 3 is 2.89 bits per heavy atom. The van der Waals surface area contributed by atoms with Gasteiger partial charge in [-0.1, -0.05) is 11.6 Å². The largest absolute Gasteiger partial charge is 0.478 e. The van der Waals surface area contributed by atoms with Crippen LogP contribution in [0.3, 0.4) is 0 Å². The van der Waals surface area contributed by atoms with Gasteiger partial charge in [0.15, 0.2) is 5.82 Å². The van der Waals surface area contributed by atoms with Crippen molar-refractivity contribution < 1.29 is 9.90 Å². The van der Waals surface area contributed by atoms with E-state index in [1.165, 1.54) is 12.3 Å². The lowest BCUT2D eigenvalue weighted by Gasteiger charge is -2.14. The zero-order valence-electron chi connectivity index (χ0n) is 10.3. The molecule has 0 saturated heterocycles. The Balaban J connectivity index is 2.22. The molecule has 2 N–H and O–H groups in total. The van der Waals surface area contributed by atoms with Crippen molar-refractivity contribution >= 4 is 23.4 Å². The first-order valence-corrected chi connectivity index (χ1v) is 5.86. The molecule has 2 aromatic rings. The quantitative estimate of drug-likeness (QED) is 0.886. The van der Waals surface area contributed by atoms with Crippen molar-refractivity contribution in [1.82, 2.24) is 19.7 Å². The van der Waals surface area contributed by atoms with E-state index in [4.69, 9.17) is 16.7 Å². The van der Waals surface area contributed by atoms with Crippen molar-refractivity contribution in [2.24, 2.45) is 7.05 Å². The number of aryl methyl sites for hydroxylation is 1. The molecule has 0 aliphatic carbocycles. The molecule has 1 unspecified atom stereocenters. The standard InChI is InChI=1S/C11H12ClN5O2/c1-6(10-16-14-5-17(10)2)15-9-3-7(11(18)19)8(12)4-13-9/h3-6H,1-2H3,(H,13,15)(H,18,19). The molecule has 7 nitrogen and oxygen atoms in total. The molecule has 0 aliphatic heterocycles. The van der Waals surface area contributed by atoms with Crippen LogP contribution in [0.2, 0.25) is 5.02 Å². The summed E-state index contributed by atoms with van der Waals surface area (Å²) in [6, 6.07) is 1.22. The Morgan fingerprint density at radius 1 is 1.58 bits per heavy atom. The number of carbonyl (C=O) groups is 1. The second-order valence-electron chi connectivity index (χ2n) is 4.02. The number of hydrogen-bond donors (Lipinski definition) is 2. The topological polar surface area (TPSA) is 92.9 Å². The lowest BCUT2D eigenvalue weighted by Crippen LogP contribution is -2.13. The summed E-state index contributed by atoms with van der Waals surface area (Å²) in [4.78, 5) is 15.0. The van der Waals surface area contributed by atoms with Gasteiger partial charge in [0.1, 0.15) is 12.1 Å². The number of anilines is 1. The Morgan fingerprint density at radius 2 is 2.32 bits per heavy atom. The molecule has 0 amide bonds. The normalized spacial score (nSPS) is 12.2. The minimum absolute atomic E-state index is 0.00401. The van der Waals surface area contributed by atoms with Gasteiger partial charge in [-0.05, 0) is 13.0 Å². The Labute approximate surface area is 114 Å². The highest BCUT2D eigenvalue weighted by Crippen LogP contribution is 2.21. The van der Waals surface area contributed by atoms with Crippen molar-refractivity contribution in [3.05, 3.63) is 35.0 Å². The van der Waals surface area contributed by atoms with Gasteiger partial charge in [0.25, 0.3) is 0 Å². The number of hydrogen-bond acceptors (Lipinski definition) is 5. The molecule has 0 radical (unpaired) electrons. The molecule has 0 fully saturated rings. The van der Waals surface area contributed by atoms with Gasteiger partial charge in [0, 0.05) is 13.2 Å². The van der Waals surface area contributed by atoms with Crippen LogP contribution in [0.1, 0.15) is 29.1 Å². The zero-order chi connectivity index (χ0) is 14.0. The Hall–Kier alpha value is -2.15. The summed E-state index contributed by atoms with van der Waals surface area (Å²) in [5, 5.41) is 19.9. The van der Waals surface area contributed by atoms with Gasteiger partial charge in [-0.15, -0.1) is 10.2 Å². The van der Waals surface area contributed by atoms with Crippen molar-refractivity contribution in [2.75, 3.05) is 5.32 Å². The maximum Gasteiger partial charge on any atom is 0.337 e. The molecule has 1 atom stereocenters. The number of halogens is 1. The molecule has 0 spiro atoms. The second kappa shape index (κ2) is 5.23. The average molecular weight is 282 g/mol. The van der Waals surface area contributed by atoms with E-state index in [2.05, 4.69) is 20.5 Å². The van der Waals surface area contributed by atoms with Crippen molar-refractivity contribution in [3.63, 3.8) is 0 Å². The molecular weight excluding hydrogens is 270 g/mol. The molecule has 0 aromatic carbocycles. The predicted octanol–water partition coefficient (Wildman–Crippen LogP) is 1.73. The van der Waals surface area contributed by atoms with Crippen LogP contribution in [0.25, 0.3) is 0 Å². The summed E-state index contributed by atoms with van der Waals surface area (Å²) >= 11 is 5.75. The highest BCUT2D eigenvalue weighted by Gasteiger charge is 2.14. The minimum atomic E-state index is -1.10. The third-order valence-corrected chi connectivity index (χ3v) is 2.89. The van der Waals surface area contributed by atoms with Crippen LogP contribution in [0.4, 0.5) is 5.82 Å². The van der Waals surface area contributed by atoms with E-state index in [0.29, 0.717) is 11.6 Å². The van der Waals surface area contributed by atoms with E-state index in [0.717, 1.165) is 0 Å². The minimum Gasteiger partial charge on any atom is -0.478 e. The monoisotopic (exact) mass is 281 g/mol. The molecule has 0 bridgehead atoms. The smallest absolute Gasteiger partial charge is 0.337 e. The van der Waals surface area contributed by atoms with Crippen molar-refractivity contribution in [2.45, 2.75) is 13.0 Å². The van der Waals surface area contributed by atoms with E-state index in [1.54, 1.807) is 10.9 Å². The highest BCUT2D eigenvalue weighted by molar-refractivity contribution is 6.33. The van der Waals surface area contributed by atoms with Gasteiger partial charge in [-0.25, -0.2) is 9.78 Å². The third-order valence-electron chi connectivity index (χ3n) is 2.58. The van der Waals surface area contributed by atoms with Gasteiger partial charge in [-0.2, -0.15) is 0 Å². The molecule has 100 valence electrons. The molecular formula is C11H12ClN5O2. The first-order valence-electron chi connectivity index (χ1n) is 5.48. The fourth-order valence-corrected chi connectivity index (χ4v) is 1.84. The van der Waals surface area contributed by atoms with E-state index in [9.17, 15) is 4.79 Å². The number of aromatic nitrogens is 4. The number of rotatable bonds is 4. The highest BCUT2D eigenvalue weighted by atomic mass is 35.5. The lowest BCUT2D eigenvalue weighted by atomic mass is 10.2. The van der Waals surface area contributed by atoms with E-state index >= 15 is 0 Å². The van der Waals surface area contributed by atoms with Gasteiger partial charge in [-0.3, -0.25) is 0 Å². The van der Waals surface area contributed by atoms with Crippen LogP contribution in [0.15, 0.2) is 18.6 Å². The zero-order valence-corrected chi connectivity index (χ0v) is 11.1. The van der Waals surface area contributed by atoms with Crippen molar-refractivity contribution in [1.29, 1.82) is 0 Å². The van der Waals surface area contributed by atoms with Crippen LogP contribution in [0.5, 0.6) is 0 Å². The van der Waals surface area contributed by atoms with Crippen LogP contribution in [0, 0.1) is 0 Å². The number of carboxylic acid groups (broad SMARTS) is 1. The number of nitrogens with zero attached hydrogens (tertiary/aromatic N) is 4. The number of aromatic carboxylic acids is 1.